The van der Waals surface area contributed by atoms with E-state index in [2.05, 4.69) is 30.0 Å². The quantitative estimate of drug-likeness (QED) is 0.863. The number of para-hydroxylation sites is 1. The molecule has 0 bridgehead atoms. The maximum Gasteiger partial charge on any atom is 0.0807 e. The lowest BCUT2D eigenvalue weighted by Crippen LogP contribution is -2.38. The van der Waals surface area contributed by atoms with E-state index in [0.29, 0.717) is 6.04 Å². The highest BCUT2D eigenvalue weighted by atomic mass is 16.3. The molecular weight excluding hydrogens is 210 g/mol. The summed E-state index contributed by atoms with van der Waals surface area (Å²) in [7, 11) is 0. The smallest absolute Gasteiger partial charge is 0.0807 e. The molecule has 2 atom stereocenters. The van der Waals surface area contributed by atoms with E-state index in [4.69, 9.17) is 0 Å². The minimum atomic E-state index is -0.333. The van der Waals surface area contributed by atoms with E-state index in [9.17, 15) is 5.11 Å². The Morgan fingerprint density at radius 1 is 1.35 bits per heavy atom. The molecule has 1 aliphatic rings. The Morgan fingerprint density at radius 2 is 2.12 bits per heavy atom. The van der Waals surface area contributed by atoms with Crippen molar-refractivity contribution in [2.45, 2.75) is 51.7 Å². The second-order valence-electron chi connectivity index (χ2n) is 5.02. The average Bonchev–Trinajstić information content (AvgIpc) is 2.38. The van der Waals surface area contributed by atoms with E-state index in [1.54, 1.807) is 0 Å². The summed E-state index contributed by atoms with van der Waals surface area (Å²) in [6, 6.07) is 8.89. The van der Waals surface area contributed by atoms with Crippen molar-refractivity contribution in [3.8, 4) is 0 Å². The first-order valence-corrected chi connectivity index (χ1v) is 6.77. The second-order valence-corrected chi connectivity index (χ2v) is 5.02. The van der Waals surface area contributed by atoms with Crippen LogP contribution < -0.4 is 4.90 Å². The van der Waals surface area contributed by atoms with Gasteiger partial charge >= 0.3 is 0 Å². The van der Waals surface area contributed by atoms with Gasteiger partial charge in [-0.3, -0.25) is 0 Å². The first-order chi connectivity index (χ1) is 8.24. The Kier molecular flexibility index (Phi) is 4.06. The molecule has 1 aromatic carbocycles. The van der Waals surface area contributed by atoms with Gasteiger partial charge in [-0.15, -0.1) is 0 Å². The normalized spacial score (nSPS) is 22.5. The van der Waals surface area contributed by atoms with E-state index in [1.165, 1.54) is 24.9 Å². The Balaban J connectivity index is 2.30. The number of anilines is 1. The SMILES string of the molecule is CC[C@H](O)c1ccccc1N1CCCCC1C. The summed E-state index contributed by atoms with van der Waals surface area (Å²) in [4.78, 5) is 2.46. The van der Waals surface area contributed by atoms with Crippen molar-refractivity contribution < 1.29 is 5.11 Å². The summed E-state index contributed by atoms with van der Waals surface area (Å²) in [6.45, 7) is 5.43. The van der Waals surface area contributed by atoms with Crippen LogP contribution in [0.2, 0.25) is 0 Å². The fourth-order valence-corrected chi connectivity index (χ4v) is 2.71. The molecule has 1 saturated heterocycles. The zero-order chi connectivity index (χ0) is 12.3. The predicted octanol–water partition coefficient (Wildman–Crippen LogP) is 3.51. The van der Waals surface area contributed by atoms with E-state index < -0.39 is 0 Å². The van der Waals surface area contributed by atoms with Gasteiger partial charge in [-0.25, -0.2) is 0 Å². The van der Waals surface area contributed by atoms with Crippen molar-refractivity contribution in [1.29, 1.82) is 0 Å². The summed E-state index contributed by atoms with van der Waals surface area (Å²) >= 11 is 0. The van der Waals surface area contributed by atoms with Gasteiger partial charge in [0.05, 0.1) is 6.10 Å². The highest BCUT2D eigenvalue weighted by Gasteiger charge is 2.22. The van der Waals surface area contributed by atoms with Gasteiger partial charge in [0.15, 0.2) is 0 Å². The fraction of sp³-hybridized carbons (Fsp3) is 0.600. The van der Waals surface area contributed by atoms with Crippen LogP contribution in [0.25, 0.3) is 0 Å². The number of aliphatic hydroxyl groups excluding tert-OH is 1. The van der Waals surface area contributed by atoms with Crippen LogP contribution in [0.3, 0.4) is 0 Å². The Morgan fingerprint density at radius 3 is 2.82 bits per heavy atom. The third-order valence-corrected chi connectivity index (χ3v) is 3.79. The van der Waals surface area contributed by atoms with Crippen LogP contribution in [0.15, 0.2) is 24.3 Å². The number of nitrogens with zero attached hydrogens (tertiary/aromatic N) is 1. The molecule has 1 N–H and O–H groups in total. The average molecular weight is 233 g/mol. The lowest BCUT2D eigenvalue weighted by atomic mass is 9.98. The van der Waals surface area contributed by atoms with E-state index >= 15 is 0 Å². The van der Waals surface area contributed by atoms with Crippen molar-refractivity contribution in [3.05, 3.63) is 29.8 Å². The van der Waals surface area contributed by atoms with E-state index in [-0.39, 0.29) is 6.10 Å². The van der Waals surface area contributed by atoms with Gasteiger partial charge in [-0.05, 0) is 38.7 Å². The molecule has 17 heavy (non-hydrogen) atoms. The molecule has 1 aromatic rings. The first kappa shape index (κ1) is 12.4. The summed E-state index contributed by atoms with van der Waals surface area (Å²) in [5.41, 5.74) is 2.32. The largest absolute Gasteiger partial charge is 0.388 e. The molecule has 0 amide bonds. The van der Waals surface area contributed by atoms with Gasteiger partial charge in [0.25, 0.3) is 0 Å². The van der Waals surface area contributed by atoms with Crippen LogP contribution >= 0.6 is 0 Å². The van der Waals surface area contributed by atoms with Crippen LogP contribution in [0.1, 0.15) is 51.2 Å². The maximum absolute atomic E-state index is 10.1. The monoisotopic (exact) mass is 233 g/mol. The third kappa shape index (κ3) is 2.63. The molecule has 1 aliphatic heterocycles. The van der Waals surface area contributed by atoms with Gasteiger partial charge in [-0.1, -0.05) is 25.1 Å². The van der Waals surface area contributed by atoms with Crippen molar-refractivity contribution in [2.75, 3.05) is 11.4 Å². The molecule has 2 rings (SSSR count). The van der Waals surface area contributed by atoms with Gasteiger partial charge < -0.3 is 10.0 Å². The number of benzene rings is 1. The number of aliphatic hydroxyl groups is 1. The number of hydrogen-bond acceptors (Lipinski definition) is 2. The zero-order valence-corrected chi connectivity index (χ0v) is 10.9. The standard InChI is InChI=1S/C15H23NO/c1-3-15(17)13-9-4-5-10-14(13)16-11-7-6-8-12(16)2/h4-5,9-10,12,15,17H,3,6-8,11H2,1-2H3/t12?,15-/m0/s1. The molecule has 1 fully saturated rings. The van der Waals surface area contributed by atoms with E-state index in [0.717, 1.165) is 18.5 Å². The predicted molar refractivity (Wildman–Crippen MR) is 72.4 cm³/mol. The molecule has 2 heteroatoms. The molecule has 1 heterocycles. The van der Waals surface area contributed by atoms with Gasteiger partial charge in [0, 0.05) is 23.8 Å². The highest BCUT2D eigenvalue weighted by molar-refractivity contribution is 5.55. The molecular formula is C15H23NO. The number of piperidine rings is 1. The van der Waals surface area contributed by atoms with Crippen molar-refractivity contribution in [3.63, 3.8) is 0 Å². The van der Waals surface area contributed by atoms with Crippen molar-refractivity contribution in [1.82, 2.24) is 0 Å². The Bertz CT molecular complexity index is 364. The molecule has 0 aromatic heterocycles. The van der Waals surface area contributed by atoms with Crippen LogP contribution in [-0.2, 0) is 0 Å². The Labute approximate surface area is 104 Å². The molecule has 0 aliphatic carbocycles. The summed E-state index contributed by atoms with van der Waals surface area (Å²) in [5, 5.41) is 10.1. The zero-order valence-electron chi connectivity index (χ0n) is 10.9. The van der Waals surface area contributed by atoms with Gasteiger partial charge in [0.2, 0.25) is 0 Å². The molecule has 0 spiro atoms. The molecule has 0 radical (unpaired) electrons. The number of rotatable bonds is 3. The van der Waals surface area contributed by atoms with Crippen molar-refractivity contribution in [2.24, 2.45) is 0 Å². The highest BCUT2D eigenvalue weighted by Crippen LogP contribution is 2.32. The lowest BCUT2D eigenvalue weighted by Gasteiger charge is -2.37. The second kappa shape index (κ2) is 5.54. The molecule has 2 nitrogen and oxygen atoms in total. The van der Waals surface area contributed by atoms with Crippen LogP contribution in [0.4, 0.5) is 5.69 Å². The minimum absolute atomic E-state index is 0.333. The third-order valence-electron chi connectivity index (χ3n) is 3.79. The van der Waals surface area contributed by atoms with Gasteiger partial charge in [-0.2, -0.15) is 0 Å². The molecule has 1 unspecified atom stereocenters. The summed E-state index contributed by atoms with van der Waals surface area (Å²) in [5.74, 6) is 0. The van der Waals surface area contributed by atoms with E-state index in [1.807, 2.05) is 13.0 Å². The van der Waals surface area contributed by atoms with Gasteiger partial charge in [0.1, 0.15) is 0 Å². The summed E-state index contributed by atoms with van der Waals surface area (Å²) < 4.78 is 0. The van der Waals surface area contributed by atoms with Crippen LogP contribution in [-0.4, -0.2) is 17.7 Å². The maximum atomic E-state index is 10.1. The van der Waals surface area contributed by atoms with Crippen molar-refractivity contribution >= 4 is 5.69 Å². The fourth-order valence-electron chi connectivity index (χ4n) is 2.71. The molecule has 94 valence electrons. The minimum Gasteiger partial charge on any atom is -0.388 e. The molecule has 0 saturated carbocycles. The van der Waals surface area contributed by atoms with Crippen LogP contribution in [0.5, 0.6) is 0 Å². The summed E-state index contributed by atoms with van der Waals surface area (Å²) in [6.07, 6.45) is 4.30. The van der Waals surface area contributed by atoms with Crippen LogP contribution in [0, 0.1) is 0 Å². The topological polar surface area (TPSA) is 23.5 Å². The Hall–Kier alpha value is -1.02. The first-order valence-electron chi connectivity index (χ1n) is 6.77. The lowest BCUT2D eigenvalue weighted by molar-refractivity contribution is 0.174. The number of hydrogen-bond donors (Lipinski definition) is 1.